The van der Waals surface area contributed by atoms with Crippen LogP contribution in [0.1, 0.15) is 21.5 Å². The molecule has 2 aromatic carbocycles. The quantitative estimate of drug-likeness (QED) is 0.792. The van der Waals surface area contributed by atoms with Crippen LogP contribution in [0.3, 0.4) is 0 Å². The number of carbonyl (C=O) groups is 1. The molecule has 5 nitrogen and oxygen atoms in total. The third-order valence-electron chi connectivity index (χ3n) is 4.63. The minimum absolute atomic E-state index is 0.0766. The van der Waals surface area contributed by atoms with Crippen LogP contribution in [0, 0.1) is 0 Å². The second kappa shape index (κ2) is 9.85. The Balaban J connectivity index is 1.70. The maximum absolute atomic E-state index is 13.0. The summed E-state index contributed by atoms with van der Waals surface area (Å²) in [7, 11) is 0. The van der Waals surface area contributed by atoms with E-state index in [4.69, 9.17) is 16.3 Å². The van der Waals surface area contributed by atoms with Crippen LogP contribution in [-0.2, 0) is 17.8 Å². The van der Waals surface area contributed by atoms with Gasteiger partial charge in [-0.1, -0.05) is 35.9 Å². The molecule has 144 valence electrons. The Morgan fingerprint density at radius 3 is 2.56 bits per heavy atom. The maximum atomic E-state index is 13.0. The molecule has 0 bridgehead atoms. The first-order valence-electron chi connectivity index (χ1n) is 9.19. The largest absolute Gasteiger partial charge is 0.395 e. The Labute approximate surface area is 165 Å². The van der Waals surface area contributed by atoms with E-state index in [1.807, 2.05) is 36.4 Å². The molecule has 1 aliphatic rings. The van der Waals surface area contributed by atoms with Gasteiger partial charge in [0, 0.05) is 43.3 Å². The minimum Gasteiger partial charge on any atom is -0.395 e. The molecule has 0 unspecified atom stereocenters. The normalized spacial score (nSPS) is 14.9. The van der Waals surface area contributed by atoms with Gasteiger partial charge in [0.1, 0.15) is 0 Å². The molecule has 0 aliphatic carbocycles. The summed E-state index contributed by atoms with van der Waals surface area (Å²) in [5.41, 5.74) is 2.73. The third-order valence-corrected chi connectivity index (χ3v) is 4.88. The van der Waals surface area contributed by atoms with Gasteiger partial charge in [-0.05, 0) is 35.4 Å². The molecule has 27 heavy (non-hydrogen) atoms. The van der Waals surface area contributed by atoms with Crippen LogP contribution >= 0.6 is 11.6 Å². The van der Waals surface area contributed by atoms with Crippen molar-refractivity contribution in [1.29, 1.82) is 0 Å². The van der Waals surface area contributed by atoms with Crippen molar-refractivity contribution < 1.29 is 14.6 Å². The van der Waals surface area contributed by atoms with E-state index < -0.39 is 0 Å². The van der Waals surface area contributed by atoms with Crippen molar-refractivity contribution in [2.24, 2.45) is 0 Å². The number of hydrogen-bond donors (Lipinski definition) is 1. The fraction of sp³-hybridized carbons (Fsp3) is 0.381. The van der Waals surface area contributed by atoms with Crippen LogP contribution in [-0.4, -0.2) is 60.3 Å². The van der Waals surface area contributed by atoms with E-state index >= 15 is 0 Å². The Morgan fingerprint density at radius 2 is 1.85 bits per heavy atom. The zero-order valence-electron chi connectivity index (χ0n) is 15.3. The zero-order chi connectivity index (χ0) is 19.1. The fourth-order valence-corrected chi connectivity index (χ4v) is 3.31. The Morgan fingerprint density at radius 1 is 1.11 bits per heavy atom. The molecule has 0 radical (unpaired) electrons. The van der Waals surface area contributed by atoms with Gasteiger partial charge in [0.2, 0.25) is 0 Å². The van der Waals surface area contributed by atoms with Crippen molar-refractivity contribution in [3.8, 4) is 0 Å². The van der Waals surface area contributed by atoms with Crippen molar-refractivity contribution in [1.82, 2.24) is 9.80 Å². The lowest BCUT2D eigenvalue weighted by Gasteiger charge is -2.27. The van der Waals surface area contributed by atoms with Crippen molar-refractivity contribution in [3.05, 3.63) is 70.2 Å². The molecule has 0 spiro atoms. The standard InChI is InChI=1S/C21H25ClN2O3/c22-20-6-4-17(5-7-20)16-24(8-11-25)21(26)19-3-1-2-18(14-19)15-23-9-12-27-13-10-23/h1-7,14,25H,8-13,15-16H2. The SMILES string of the molecule is O=C(c1cccc(CN2CCOCC2)c1)N(CCO)Cc1ccc(Cl)cc1. The van der Waals surface area contributed by atoms with Crippen LogP contribution in [0.4, 0.5) is 0 Å². The molecule has 0 atom stereocenters. The van der Waals surface area contributed by atoms with Crippen molar-refractivity contribution in [2.75, 3.05) is 39.5 Å². The Bertz CT molecular complexity index is 745. The molecule has 1 amide bonds. The number of rotatable bonds is 7. The molecule has 6 heteroatoms. The first-order chi connectivity index (χ1) is 13.2. The minimum atomic E-state index is -0.0807. The van der Waals surface area contributed by atoms with Crippen LogP contribution in [0.15, 0.2) is 48.5 Å². The van der Waals surface area contributed by atoms with Gasteiger partial charge in [-0.15, -0.1) is 0 Å². The number of hydrogen-bond acceptors (Lipinski definition) is 4. The number of aliphatic hydroxyl groups excluding tert-OH is 1. The van der Waals surface area contributed by atoms with Gasteiger partial charge in [-0.2, -0.15) is 0 Å². The van der Waals surface area contributed by atoms with Gasteiger partial charge < -0.3 is 14.7 Å². The van der Waals surface area contributed by atoms with Gasteiger partial charge in [0.15, 0.2) is 0 Å². The highest BCUT2D eigenvalue weighted by atomic mass is 35.5. The van der Waals surface area contributed by atoms with E-state index in [1.54, 1.807) is 17.0 Å². The molecule has 3 rings (SSSR count). The molecular weight excluding hydrogens is 364 g/mol. The molecule has 0 aromatic heterocycles. The lowest BCUT2D eigenvalue weighted by atomic mass is 10.1. The number of carbonyl (C=O) groups excluding carboxylic acids is 1. The number of nitrogens with zero attached hydrogens (tertiary/aromatic N) is 2. The van der Waals surface area contributed by atoms with Gasteiger partial charge in [-0.3, -0.25) is 9.69 Å². The number of benzene rings is 2. The maximum Gasteiger partial charge on any atom is 0.254 e. The molecular formula is C21H25ClN2O3. The lowest BCUT2D eigenvalue weighted by Crippen LogP contribution is -2.36. The van der Waals surface area contributed by atoms with E-state index in [0.29, 0.717) is 17.1 Å². The summed E-state index contributed by atoms with van der Waals surface area (Å²) >= 11 is 5.93. The van der Waals surface area contributed by atoms with E-state index in [-0.39, 0.29) is 19.1 Å². The fourth-order valence-electron chi connectivity index (χ4n) is 3.19. The van der Waals surface area contributed by atoms with Crippen molar-refractivity contribution in [3.63, 3.8) is 0 Å². The number of morpholine rings is 1. The Hall–Kier alpha value is -1.92. The number of ether oxygens (including phenoxy) is 1. The van der Waals surface area contributed by atoms with Crippen LogP contribution in [0.25, 0.3) is 0 Å². The summed E-state index contributed by atoms with van der Waals surface area (Å²) < 4.78 is 5.39. The first kappa shape index (κ1) is 19.8. The Kier molecular flexibility index (Phi) is 7.24. The van der Waals surface area contributed by atoms with Gasteiger partial charge in [-0.25, -0.2) is 0 Å². The van der Waals surface area contributed by atoms with Crippen LogP contribution in [0.5, 0.6) is 0 Å². The molecule has 1 saturated heterocycles. The van der Waals surface area contributed by atoms with Crippen molar-refractivity contribution in [2.45, 2.75) is 13.1 Å². The predicted molar refractivity (Wildman–Crippen MR) is 106 cm³/mol. The summed E-state index contributed by atoms with van der Waals surface area (Å²) in [6.07, 6.45) is 0. The van der Waals surface area contributed by atoms with Crippen LogP contribution in [0.2, 0.25) is 5.02 Å². The van der Waals surface area contributed by atoms with Gasteiger partial charge >= 0.3 is 0 Å². The van der Waals surface area contributed by atoms with E-state index in [1.165, 1.54) is 0 Å². The topological polar surface area (TPSA) is 53.0 Å². The third kappa shape index (κ3) is 5.78. The number of amides is 1. The average Bonchev–Trinajstić information content (AvgIpc) is 2.70. The summed E-state index contributed by atoms with van der Waals surface area (Å²) in [6, 6.07) is 15.2. The monoisotopic (exact) mass is 388 g/mol. The van der Waals surface area contributed by atoms with E-state index in [0.717, 1.165) is 44.0 Å². The summed E-state index contributed by atoms with van der Waals surface area (Å²) in [4.78, 5) is 17.0. The number of halogens is 1. The molecule has 1 aliphatic heterocycles. The summed E-state index contributed by atoms with van der Waals surface area (Å²) in [5.74, 6) is -0.0807. The average molecular weight is 389 g/mol. The zero-order valence-corrected chi connectivity index (χ0v) is 16.1. The summed E-state index contributed by atoms with van der Waals surface area (Å²) in [6.45, 7) is 4.78. The molecule has 0 saturated carbocycles. The van der Waals surface area contributed by atoms with Crippen LogP contribution < -0.4 is 0 Å². The van der Waals surface area contributed by atoms with Gasteiger partial charge in [0.25, 0.3) is 5.91 Å². The molecule has 1 fully saturated rings. The van der Waals surface area contributed by atoms with Gasteiger partial charge in [0.05, 0.1) is 19.8 Å². The van der Waals surface area contributed by atoms with E-state index in [9.17, 15) is 9.90 Å². The van der Waals surface area contributed by atoms with Crippen molar-refractivity contribution >= 4 is 17.5 Å². The smallest absolute Gasteiger partial charge is 0.254 e. The molecule has 2 aromatic rings. The second-order valence-corrected chi connectivity index (χ2v) is 7.10. The molecule has 1 heterocycles. The molecule has 1 N–H and O–H groups in total. The lowest BCUT2D eigenvalue weighted by molar-refractivity contribution is 0.0341. The highest BCUT2D eigenvalue weighted by Crippen LogP contribution is 2.15. The highest BCUT2D eigenvalue weighted by Gasteiger charge is 2.17. The predicted octanol–water partition coefficient (Wildman–Crippen LogP) is 2.81. The number of aliphatic hydroxyl groups is 1. The second-order valence-electron chi connectivity index (χ2n) is 6.67. The summed E-state index contributed by atoms with van der Waals surface area (Å²) in [5, 5.41) is 10.1. The highest BCUT2D eigenvalue weighted by molar-refractivity contribution is 6.30. The first-order valence-corrected chi connectivity index (χ1v) is 9.57. The van der Waals surface area contributed by atoms with E-state index in [2.05, 4.69) is 4.90 Å².